The average Bonchev–Trinajstić information content (AvgIpc) is 3.49. The number of rotatable bonds is 7. The molecule has 8 aromatic rings. The maximum atomic E-state index is 3.86. The summed E-state index contributed by atoms with van der Waals surface area (Å²) < 4.78 is 2.37. The molecule has 0 saturated heterocycles. The van der Waals surface area contributed by atoms with Gasteiger partial charge in [-0.3, -0.25) is 0 Å². The highest BCUT2D eigenvalue weighted by atomic mass is 28.3. The molecule has 0 aliphatic carbocycles. The van der Waals surface area contributed by atoms with Gasteiger partial charge in [0, 0.05) is 16.5 Å². The van der Waals surface area contributed by atoms with Gasteiger partial charge in [-0.2, -0.15) is 0 Å². The molecule has 8 rings (SSSR count). The number of aromatic nitrogens is 1. The van der Waals surface area contributed by atoms with E-state index in [0.717, 1.165) is 5.56 Å². The summed E-state index contributed by atoms with van der Waals surface area (Å²) in [6, 6.07) is 62.2. The zero-order valence-corrected chi connectivity index (χ0v) is 28.4. The van der Waals surface area contributed by atoms with E-state index in [-0.39, 0.29) is 0 Å². The van der Waals surface area contributed by atoms with E-state index >= 15 is 0 Å². The number of para-hydroxylation sites is 2. The summed E-state index contributed by atoms with van der Waals surface area (Å²) in [7, 11) is -1.84. The molecule has 0 amide bonds. The molecule has 0 radical (unpaired) electrons. The highest BCUT2D eigenvalue weighted by Gasteiger charge is 2.26. The van der Waals surface area contributed by atoms with Gasteiger partial charge < -0.3 is 4.57 Å². The summed E-state index contributed by atoms with van der Waals surface area (Å²) >= 11 is 0. The van der Waals surface area contributed by atoms with Crippen LogP contribution in [-0.2, 0) is 0 Å². The summed E-state index contributed by atoms with van der Waals surface area (Å²) in [6.45, 7) is 8.75. The van der Waals surface area contributed by atoms with Gasteiger partial charge in [-0.15, -0.1) is 0 Å². The van der Waals surface area contributed by atoms with Gasteiger partial charge in [-0.25, -0.2) is 0 Å². The molecule has 0 N–H and O–H groups in total. The standard InChI is InChI=1S/C46H37NSi/c1-4-33-13-15-34(16-14-33)38-23-29-41(30-24-38)48(2,3)42-31-25-39(26-32-42)36-19-17-35(18-20-36)37-21-27-40(28-22-37)47-45-11-7-5-9-43(45)44-10-6-8-12-46(44)47/h4-32H,1H2,2-3H3. The second-order valence-corrected chi connectivity index (χ2v) is 17.5. The van der Waals surface area contributed by atoms with Crippen LogP contribution in [0.25, 0.3) is 66.9 Å². The molecule has 0 aliphatic rings. The van der Waals surface area contributed by atoms with Crippen molar-refractivity contribution in [2.45, 2.75) is 13.1 Å². The van der Waals surface area contributed by atoms with Crippen molar-refractivity contribution in [2.24, 2.45) is 0 Å². The minimum Gasteiger partial charge on any atom is -0.309 e. The summed E-state index contributed by atoms with van der Waals surface area (Å²) in [5, 5.41) is 5.45. The van der Waals surface area contributed by atoms with E-state index in [2.05, 4.69) is 194 Å². The lowest BCUT2D eigenvalue weighted by Gasteiger charge is -2.24. The Bertz CT molecular complexity index is 2320. The Morgan fingerprint density at radius 3 is 1.15 bits per heavy atom. The molecule has 0 spiro atoms. The number of hydrogen-bond donors (Lipinski definition) is 0. The van der Waals surface area contributed by atoms with Gasteiger partial charge in [0.2, 0.25) is 0 Å². The lowest BCUT2D eigenvalue weighted by atomic mass is 10.0. The second kappa shape index (κ2) is 12.1. The van der Waals surface area contributed by atoms with Crippen LogP contribution < -0.4 is 10.4 Å². The van der Waals surface area contributed by atoms with Crippen molar-refractivity contribution >= 4 is 46.3 Å². The van der Waals surface area contributed by atoms with Gasteiger partial charge in [-0.05, 0) is 63.2 Å². The molecule has 7 aromatic carbocycles. The molecular formula is C46H37NSi. The highest BCUT2D eigenvalue weighted by molar-refractivity contribution is 7.00. The monoisotopic (exact) mass is 631 g/mol. The first-order chi connectivity index (χ1) is 23.5. The number of hydrogen-bond acceptors (Lipinski definition) is 0. The van der Waals surface area contributed by atoms with E-state index < -0.39 is 8.07 Å². The van der Waals surface area contributed by atoms with Gasteiger partial charge in [0.05, 0.1) is 11.0 Å². The number of fused-ring (bicyclic) bond motifs is 3. The Morgan fingerprint density at radius 1 is 0.417 bits per heavy atom. The average molecular weight is 632 g/mol. The van der Waals surface area contributed by atoms with Crippen LogP contribution in [-0.4, -0.2) is 12.6 Å². The maximum absolute atomic E-state index is 3.86. The zero-order chi connectivity index (χ0) is 32.7. The van der Waals surface area contributed by atoms with E-state index in [1.807, 2.05) is 6.08 Å². The van der Waals surface area contributed by atoms with Gasteiger partial charge in [0.15, 0.2) is 0 Å². The molecule has 0 fully saturated rings. The molecule has 0 unspecified atom stereocenters. The number of nitrogens with zero attached hydrogens (tertiary/aromatic N) is 1. The summed E-state index contributed by atoms with van der Waals surface area (Å²) in [4.78, 5) is 0. The Hall–Kier alpha value is -5.70. The zero-order valence-electron chi connectivity index (χ0n) is 27.4. The largest absolute Gasteiger partial charge is 0.309 e. The van der Waals surface area contributed by atoms with Crippen molar-refractivity contribution in [3.8, 4) is 39.1 Å². The third kappa shape index (κ3) is 5.31. The summed E-state index contributed by atoms with van der Waals surface area (Å²) in [5.74, 6) is 0. The smallest absolute Gasteiger partial charge is 0.112 e. The fourth-order valence-electron chi connectivity index (χ4n) is 7.00. The molecule has 2 heteroatoms. The van der Waals surface area contributed by atoms with E-state index in [0.29, 0.717) is 0 Å². The van der Waals surface area contributed by atoms with E-state index in [4.69, 9.17) is 0 Å². The summed E-state index contributed by atoms with van der Waals surface area (Å²) in [6.07, 6.45) is 1.88. The molecule has 48 heavy (non-hydrogen) atoms. The second-order valence-electron chi connectivity index (χ2n) is 13.1. The van der Waals surface area contributed by atoms with Crippen molar-refractivity contribution in [3.63, 3.8) is 0 Å². The van der Waals surface area contributed by atoms with Crippen LogP contribution in [0.5, 0.6) is 0 Å². The minimum absolute atomic E-state index is 1.14. The van der Waals surface area contributed by atoms with E-state index in [1.165, 1.54) is 71.2 Å². The van der Waals surface area contributed by atoms with Gasteiger partial charge >= 0.3 is 0 Å². The van der Waals surface area contributed by atoms with Gasteiger partial charge in [0.25, 0.3) is 0 Å². The third-order valence-corrected chi connectivity index (χ3v) is 13.5. The van der Waals surface area contributed by atoms with Gasteiger partial charge in [0.1, 0.15) is 8.07 Å². The first-order valence-corrected chi connectivity index (χ1v) is 19.6. The highest BCUT2D eigenvalue weighted by Crippen LogP contribution is 2.33. The van der Waals surface area contributed by atoms with Crippen molar-refractivity contribution < 1.29 is 0 Å². The van der Waals surface area contributed by atoms with Crippen LogP contribution in [0.3, 0.4) is 0 Å². The predicted octanol–water partition coefficient (Wildman–Crippen LogP) is 11.3. The third-order valence-electron chi connectivity index (χ3n) is 9.95. The fraction of sp³-hybridized carbons (Fsp3) is 0.0435. The predicted molar refractivity (Wildman–Crippen MR) is 210 cm³/mol. The fourth-order valence-corrected chi connectivity index (χ4v) is 9.33. The first-order valence-electron chi connectivity index (χ1n) is 16.6. The minimum atomic E-state index is -1.84. The van der Waals surface area contributed by atoms with Crippen molar-refractivity contribution in [1.29, 1.82) is 0 Å². The Morgan fingerprint density at radius 2 is 0.750 bits per heavy atom. The molecule has 1 nitrogen and oxygen atoms in total. The van der Waals surface area contributed by atoms with Gasteiger partial charge in [-0.1, -0.05) is 182 Å². The van der Waals surface area contributed by atoms with Crippen molar-refractivity contribution in [1.82, 2.24) is 4.57 Å². The van der Waals surface area contributed by atoms with Crippen LogP contribution in [0.2, 0.25) is 13.1 Å². The molecule has 0 atom stereocenters. The number of benzene rings is 7. The molecule has 0 aliphatic heterocycles. The van der Waals surface area contributed by atoms with Crippen LogP contribution >= 0.6 is 0 Å². The van der Waals surface area contributed by atoms with Crippen molar-refractivity contribution in [2.75, 3.05) is 0 Å². The van der Waals surface area contributed by atoms with Crippen LogP contribution in [0, 0.1) is 0 Å². The topological polar surface area (TPSA) is 4.93 Å². The quantitative estimate of drug-likeness (QED) is 0.154. The summed E-state index contributed by atoms with van der Waals surface area (Å²) in [5.41, 5.74) is 12.2. The molecule has 0 bridgehead atoms. The van der Waals surface area contributed by atoms with E-state index in [1.54, 1.807) is 0 Å². The van der Waals surface area contributed by atoms with Crippen LogP contribution in [0.1, 0.15) is 5.56 Å². The normalized spacial score (nSPS) is 11.6. The molecule has 1 aromatic heterocycles. The Labute approximate surface area is 284 Å². The molecule has 230 valence electrons. The van der Waals surface area contributed by atoms with E-state index in [9.17, 15) is 0 Å². The van der Waals surface area contributed by atoms with Crippen LogP contribution in [0.15, 0.2) is 176 Å². The Balaban J connectivity index is 0.997. The lowest BCUT2D eigenvalue weighted by molar-refractivity contribution is 1.18. The molecule has 1 heterocycles. The van der Waals surface area contributed by atoms with Crippen LogP contribution in [0.4, 0.5) is 0 Å². The first kappa shape index (κ1) is 29.7. The SMILES string of the molecule is C=Cc1ccc(-c2ccc([Si](C)(C)c3ccc(-c4ccc(-c5ccc(-n6c7ccccc7c7ccccc76)cc5)cc4)cc3)cc2)cc1. The Kier molecular flexibility index (Phi) is 7.51. The lowest BCUT2D eigenvalue weighted by Crippen LogP contribution is -2.52. The maximum Gasteiger partial charge on any atom is 0.112 e. The molecule has 0 saturated carbocycles. The molecular weight excluding hydrogens is 595 g/mol. The van der Waals surface area contributed by atoms with Crippen molar-refractivity contribution in [3.05, 3.63) is 182 Å².